The topological polar surface area (TPSA) is 122 Å². The molecule has 1 aromatic carbocycles. The number of aryl methyl sites for hydroxylation is 2. The zero-order chi connectivity index (χ0) is 22.6. The second-order valence-electron chi connectivity index (χ2n) is 5.79. The standard InChI is InChI=1S/2C7H10N.C6H6O6S2/c2*1-2-8-6-4-3-5-7-8;7-13(8,9)5-1-2-6(4-3-5)14(10,11)12/h2*3-7H,2H2,1H3;1-4H,(H,7,8,9)(H,10,11,12)/q2*+1;/p-2. The van der Waals surface area contributed by atoms with Gasteiger partial charge in [0.1, 0.15) is 33.3 Å². The summed E-state index contributed by atoms with van der Waals surface area (Å²) in [4.78, 5) is -1.16. The Hall–Kier alpha value is -2.66. The van der Waals surface area contributed by atoms with E-state index < -0.39 is 30.0 Å². The van der Waals surface area contributed by atoms with Gasteiger partial charge < -0.3 is 9.11 Å². The van der Waals surface area contributed by atoms with Gasteiger partial charge in [-0.2, -0.15) is 0 Å². The molecule has 0 N–H and O–H groups in total. The molecular weight excluding hydrogens is 428 g/mol. The molecule has 30 heavy (non-hydrogen) atoms. The van der Waals surface area contributed by atoms with Crippen molar-refractivity contribution in [3.05, 3.63) is 85.5 Å². The van der Waals surface area contributed by atoms with Crippen LogP contribution in [-0.4, -0.2) is 25.9 Å². The Kier molecular flexibility index (Phi) is 10.3. The molecule has 8 nitrogen and oxygen atoms in total. The van der Waals surface area contributed by atoms with Gasteiger partial charge in [0.2, 0.25) is 0 Å². The minimum absolute atomic E-state index is 0.579. The zero-order valence-corrected chi connectivity index (χ0v) is 18.3. The van der Waals surface area contributed by atoms with Crippen LogP contribution in [-0.2, 0) is 33.3 Å². The van der Waals surface area contributed by atoms with E-state index in [4.69, 9.17) is 0 Å². The molecule has 0 atom stereocenters. The van der Waals surface area contributed by atoms with Crippen LogP contribution in [0.3, 0.4) is 0 Å². The molecule has 0 saturated heterocycles. The predicted molar refractivity (Wildman–Crippen MR) is 107 cm³/mol. The van der Waals surface area contributed by atoms with Crippen LogP contribution >= 0.6 is 0 Å². The van der Waals surface area contributed by atoms with Crippen LogP contribution in [0.4, 0.5) is 0 Å². The summed E-state index contributed by atoms with van der Waals surface area (Å²) < 4.78 is 66.7. The predicted octanol–water partition coefficient (Wildman–Crippen LogP) is 1.48. The molecule has 2 heterocycles. The van der Waals surface area contributed by atoms with Gasteiger partial charge in [-0.3, -0.25) is 0 Å². The molecule has 0 bridgehead atoms. The molecule has 0 aliphatic rings. The first-order valence-electron chi connectivity index (χ1n) is 8.98. The minimum Gasteiger partial charge on any atom is -0.744 e. The van der Waals surface area contributed by atoms with Crippen LogP contribution in [0.1, 0.15) is 13.8 Å². The minimum atomic E-state index is -4.61. The monoisotopic (exact) mass is 452 g/mol. The molecule has 3 aromatic rings. The molecule has 0 spiro atoms. The quantitative estimate of drug-likeness (QED) is 0.436. The Balaban J connectivity index is 0.000000240. The van der Waals surface area contributed by atoms with Gasteiger partial charge in [-0.1, -0.05) is 12.1 Å². The molecule has 3 rings (SSSR count). The van der Waals surface area contributed by atoms with Crippen molar-refractivity contribution < 1.29 is 35.1 Å². The lowest BCUT2D eigenvalue weighted by Crippen LogP contribution is -2.30. The first-order valence-corrected chi connectivity index (χ1v) is 11.8. The van der Waals surface area contributed by atoms with E-state index in [1.807, 2.05) is 36.4 Å². The molecule has 0 fully saturated rings. The van der Waals surface area contributed by atoms with Crippen molar-refractivity contribution in [1.82, 2.24) is 0 Å². The molecule has 0 aliphatic heterocycles. The van der Waals surface area contributed by atoms with Crippen molar-refractivity contribution >= 4 is 20.2 Å². The third-order valence-corrected chi connectivity index (χ3v) is 5.39. The summed E-state index contributed by atoms with van der Waals surface area (Å²) in [7, 11) is -9.22. The molecule has 10 heteroatoms. The SMILES string of the molecule is CC[n+]1ccccc1.CC[n+]1ccccc1.O=S(=O)([O-])c1ccc(S(=O)(=O)[O-])cc1. The largest absolute Gasteiger partial charge is 0.744 e. The first-order chi connectivity index (χ1) is 14.1. The molecule has 2 aromatic heterocycles. The van der Waals surface area contributed by atoms with E-state index in [1.165, 1.54) is 0 Å². The summed E-state index contributed by atoms with van der Waals surface area (Å²) in [5, 5.41) is 0. The van der Waals surface area contributed by atoms with Crippen molar-refractivity contribution in [3.8, 4) is 0 Å². The van der Waals surface area contributed by atoms with Gasteiger partial charge in [-0.15, -0.1) is 0 Å². The van der Waals surface area contributed by atoms with Crippen molar-refractivity contribution in [2.75, 3.05) is 0 Å². The fourth-order valence-electron chi connectivity index (χ4n) is 2.06. The highest BCUT2D eigenvalue weighted by molar-refractivity contribution is 7.86. The fraction of sp³-hybridized carbons (Fsp3) is 0.200. The van der Waals surface area contributed by atoms with Crippen molar-refractivity contribution in [1.29, 1.82) is 0 Å². The number of pyridine rings is 2. The van der Waals surface area contributed by atoms with Crippen LogP contribution in [0.25, 0.3) is 0 Å². The normalized spacial score (nSPS) is 10.8. The third-order valence-electron chi connectivity index (χ3n) is 3.69. The van der Waals surface area contributed by atoms with Gasteiger partial charge >= 0.3 is 0 Å². The van der Waals surface area contributed by atoms with E-state index in [-0.39, 0.29) is 0 Å². The van der Waals surface area contributed by atoms with E-state index in [9.17, 15) is 25.9 Å². The Bertz CT molecular complexity index is 997. The number of hydrogen-bond acceptors (Lipinski definition) is 6. The first kappa shape index (κ1) is 25.4. The maximum absolute atomic E-state index is 10.4. The highest BCUT2D eigenvalue weighted by Gasteiger charge is 2.04. The van der Waals surface area contributed by atoms with E-state index in [1.54, 1.807) is 0 Å². The van der Waals surface area contributed by atoms with Gasteiger partial charge in [0.05, 0.1) is 9.79 Å². The van der Waals surface area contributed by atoms with Crippen LogP contribution in [0, 0.1) is 0 Å². The Morgan fingerprint density at radius 3 is 1.03 bits per heavy atom. The summed E-state index contributed by atoms with van der Waals surface area (Å²) >= 11 is 0. The highest BCUT2D eigenvalue weighted by atomic mass is 32.2. The summed E-state index contributed by atoms with van der Waals surface area (Å²) in [6.07, 6.45) is 8.22. The summed E-state index contributed by atoms with van der Waals surface area (Å²) in [5.74, 6) is 0. The lowest BCUT2D eigenvalue weighted by Gasteiger charge is -2.09. The lowest BCUT2D eigenvalue weighted by atomic mass is 10.4. The van der Waals surface area contributed by atoms with E-state index in [2.05, 4.69) is 47.8 Å². The van der Waals surface area contributed by atoms with Gasteiger partial charge in [0, 0.05) is 24.3 Å². The van der Waals surface area contributed by atoms with Gasteiger partial charge in [0.25, 0.3) is 0 Å². The molecular formula is C20H24N2O6S2. The molecule has 0 radical (unpaired) electrons. The number of benzene rings is 1. The van der Waals surface area contributed by atoms with Crippen LogP contribution in [0.15, 0.2) is 95.2 Å². The second-order valence-corrected chi connectivity index (χ2v) is 8.55. The van der Waals surface area contributed by atoms with E-state index in [0.29, 0.717) is 0 Å². The van der Waals surface area contributed by atoms with Gasteiger partial charge in [-0.25, -0.2) is 26.0 Å². The third kappa shape index (κ3) is 9.70. The van der Waals surface area contributed by atoms with Crippen molar-refractivity contribution in [2.45, 2.75) is 36.7 Å². The molecule has 0 saturated carbocycles. The maximum atomic E-state index is 10.4. The van der Waals surface area contributed by atoms with Crippen LogP contribution in [0.2, 0.25) is 0 Å². The number of hydrogen-bond donors (Lipinski definition) is 0. The summed E-state index contributed by atoms with van der Waals surface area (Å²) in [5.41, 5.74) is 0. The Morgan fingerprint density at radius 1 is 0.600 bits per heavy atom. The van der Waals surface area contributed by atoms with Crippen molar-refractivity contribution in [3.63, 3.8) is 0 Å². The summed E-state index contributed by atoms with van der Waals surface area (Å²) in [6, 6.07) is 15.2. The smallest absolute Gasteiger partial charge is 0.168 e. The Morgan fingerprint density at radius 2 is 0.867 bits per heavy atom. The molecule has 0 unspecified atom stereocenters. The number of aromatic nitrogens is 2. The fourth-order valence-corrected chi connectivity index (χ4v) is 3.00. The molecule has 162 valence electrons. The highest BCUT2D eigenvalue weighted by Crippen LogP contribution is 2.13. The van der Waals surface area contributed by atoms with Crippen molar-refractivity contribution in [2.24, 2.45) is 0 Å². The lowest BCUT2D eigenvalue weighted by molar-refractivity contribution is -0.693. The van der Waals surface area contributed by atoms with Crippen LogP contribution in [0.5, 0.6) is 0 Å². The number of nitrogens with zero attached hydrogens (tertiary/aromatic N) is 2. The molecule has 0 amide bonds. The van der Waals surface area contributed by atoms with Gasteiger partial charge in [0.15, 0.2) is 24.8 Å². The van der Waals surface area contributed by atoms with Gasteiger partial charge in [-0.05, 0) is 38.1 Å². The maximum Gasteiger partial charge on any atom is 0.168 e. The second kappa shape index (κ2) is 12.1. The van der Waals surface area contributed by atoms with E-state index >= 15 is 0 Å². The van der Waals surface area contributed by atoms with E-state index in [0.717, 1.165) is 37.4 Å². The zero-order valence-electron chi connectivity index (χ0n) is 16.7. The average molecular weight is 453 g/mol. The Labute approximate surface area is 177 Å². The molecule has 0 aliphatic carbocycles. The number of rotatable bonds is 4. The summed E-state index contributed by atoms with van der Waals surface area (Å²) in [6.45, 7) is 6.36. The van der Waals surface area contributed by atoms with Crippen LogP contribution < -0.4 is 9.13 Å². The average Bonchev–Trinajstić information content (AvgIpc) is 2.75.